The van der Waals surface area contributed by atoms with Gasteiger partial charge in [0.25, 0.3) is 0 Å². The molecule has 1 aromatic carbocycles. The molecule has 0 heterocycles. The van der Waals surface area contributed by atoms with Gasteiger partial charge in [-0.1, -0.05) is 19.4 Å². The average molecular weight is 390 g/mol. The zero-order chi connectivity index (χ0) is 19.8. The molecule has 2 fully saturated rings. The fourth-order valence-electron chi connectivity index (χ4n) is 4.96. The smallest absolute Gasteiger partial charge is 0.200 e. The van der Waals surface area contributed by atoms with E-state index in [-0.39, 0.29) is 30.3 Å². The van der Waals surface area contributed by atoms with Crippen LogP contribution >= 0.6 is 0 Å². The second kappa shape index (κ2) is 7.96. The number of fused-ring (bicyclic) bond motifs is 1. The molecule has 0 aromatic heterocycles. The van der Waals surface area contributed by atoms with Crippen molar-refractivity contribution < 1.29 is 26.7 Å². The summed E-state index contributed by atoms with van der Waals surface area (Å²) >= 11 is 0. The maximum Gasteiger partial charge on any atom is 0.200 e. The van der Waals surface area contributed by atoms with E-state index in [4.69, 9.17) is 4.74 Å². The van der Waals surface area contributed by atoms with Crippen molar-refractivity contribution in [1.82, 2.24) is 0 Å². The summed E-state index contributed by atoms with van der Waals surface area (Å²) in [4.78, 5) is 0. The first-order valence-corrected chi connectivity index (χ1v) is 9.91. The molecule has 0 spiro atoms. The Morgan fingerprint density at radius 3 is 2.52 bits per heavy atom. The van der Waals surface area contributed by atoms with Crippen LogP contribution in [0.1, 0.15) is 63.9 Å². The fourth-order valence-corrected chi connectivity index (χ4v) is 4.96. The van der Waals surface area contributed by atoms with Gasteiger partial charge in [0.2, 0.25) is 5.82 Å². The summed E-state index contributed by atoms with van der Waals surface area (Å²) < 4.78 is 79.1. The molecule has 2 aliphatic rings. The molecule has 2 saturated carbocycles. The summed E-state index contributed by atoms with van der Waals surface area (Å²) in [7, 11) is 0. The molecule has 3 rings (SSSR count). The van der Waals surface area contributed by atoms with Crippen LogP contribution in [0.5, 0.6) is 5.75 Å². The van der Waals surface area contributed by atoms with Gasteiger partial charge in [0.05, 0.1) is 6.61 Å². The molecule has 0 radical (unpaired) electrons. The quantitative estimate of drug-likeness (QED) is 0.525. The molecule has 1 aromatic rings. The number of ether oxygens (including phenoxy) is 1. The average Bonchev–Trinajstić information content (AvgIpc) is 2.79. The summed E-state index contributed by atoms with van der Waals surface area (Å²) in [6.45, 7) is 3.75. The lowest BCUT2D eigenvalue weighted by Gasteiger charge is -2.29. The first-order valence-electron chi connectivity index (χ1n) is 9.91. The number of rotatable bonds is 5. The summed E-state index contributed by atoms with van der Waals surface area (Å²) in [6, 6.07) is 2.51. The standard InChI is InChI=1S/C21H27F5O/c1-3-5-12-6-7-13-10-15(20(25)21(13,26)11-16(12)22)14-8-9-17(27-4-2)19(24)18(14)23/h8-9,12-13,15-16,20H,3-7,10-11H2,1-2H3. The van der Waals surface area contributed by atoms with Crippen molar-refractivity contribution in [1.29, 1.82) is 0 Å². The molecule has 0 saturated heterocycles. The number of hydrogen-bond donors (Lipinski definition) is 0. The minimum atomic E-state index is -2.33. The van der Waals surface area contributed by atoms with Crippen molar-refractivity contribution >= 4 is 0 Å². The minimum Gasteiger partial charge on any atom is -0.491 e. The van der Waals surface area contributed by atoms with Gasteiger partial charge in [0.1, 0.15) is 18.0 Å². The summed E-state index contributed by atoms with van der Waals surface area (Å²) in [5.74, 6) is -4.67. The first kappa shape index (κ1) is 20.4. The largest absolute Gasteiger partial charge is 0.491 e. The van der Waals surface area contributed by atoms with E-state index < -0.39 is 47.9 Å². The van der Waals surface area contributed by atoms with Gasteiger partial charge < -0.3 is 4.74 Å². The number of halogens is 5. The summed E-state index contributed by atoms with van der Waals surface area (Å²) in [5, 5.41) is 0. The lowest BCUT2D eigenvalue weighted by Crippen LogP contribution is -2.39. The molecular weight excluding hydrogens is 363 g/mol. The van der Waals surface area contributed by atoms with Gasteiger partial charge in [0.15, 0.2) is 11.6 Å². The molecule has 0 N–H and O–H groups in total. The van der Waals surface area contributed by atoms with Crippen molar-refractivity contribution in [2.45, 2.75) is 76.3 Å². The van der Waals surface area contributed by atoms with Crippen molar-refractivity contribution in [3.63, 3.8) is 0 Å². The van der Waals surface area contributed by atoms with Crippen molar-refractivity contribution in [3.8, 4) is 5.75 Å². The second-order valence-electron chi connectivity index (χ2n) is 7.93. The highest BCUT2D eigenvalue weighted by molar-refractivity contribution is 5.35. The summed E-state index contributed by atoms with van der Waals surface area (Å²) in [5.41, 5.74) is -2.51. The Morgan fingerprint density at radius 1 is 1.11 bits per heavy atom. The highest BCUT2D eigenvalue weighted by atomic mass is 19.2. The van der Waals surface area contributed by atoms with E-state index in [0.29, 0.717) is 19.3 Å². The molecule has 1 nitrogen and oxygen atoms in total. The Hall–Kier alpha value is -1.33. The zero-order valence-corrected chi connectivity index (χ0v) is 15.8. The van der Waals surface area contributed by atoms with Gasteiger partial charge in [-0.15, -0.1) is 0 Å². The van der Waals surface area contributed by atoms with Gasteiger partial charge in [-0.05, 0) is 56.1 Å². The topological polar surface area (TPSA) is 9.23 Å². The SMILES string of the molecule is CCCC1CCC2CC(c3ccc(OCC)c(F)c3F)C(F)C2(F)CC1F. The van der Waals surface area contributed by atoms with Crippen LogP contribution in [0.2, 0.25) is 0 Å². The van der Waals surface area contributed by atoms with Crippen LogP contribution in [-0.2, 0) is 0 Å². The Labute approximate surface area is 157 Å². The molecule has 0 amide bonds. The predicted molar refractivity (Wildman–Crippen MR) is 94.3 cm³/mol. The molecule has 27 heavy (non-hydrogen) atoms. The highest BCUT2D eigenvalue weighted by Crippen LogP contribution is 2.56. The van der Waals surface area contributed by atoms with Crippen LogP contribution in [0.25, 0.3) is 0 Å². The van der Waals surface area contributed by atoms with E-state index >= 15 is 8.78 Å². The Balaban J connectivity index is 1.87. The van der Waals surface area contributed by atoms with E-state index in [1.165, 1.54) is 12.1 Å². The fraction of sp³-hybridized carbons (Fsp3) is 0.714. The Morgan fingerprint density at radius 2 is 1.85 bits per heavy atom. The van der Waals surface area contributed by atoms with Crippen LogP contribution in [0.4, 0.5) is 22.0 Å². The van der Waals surface area contributed by atoms with Crippen LogP contribution in [-0.4, -0.2) is 24.6 Å². The van der Waals surface area contributed by atoms with Gasteiger partial charge in [-0.25, -0.2) is 17.6 Å². The monoisotopic (exact) mass is 390 g/mol. The van der Waals surface area contributed by atoms with Gasteiger partial charge in [-0.3, -0.25) is 0 Å². The number of hydrogen-bond acceptors (Lipinski definition) is 1. The molecule has 6 unspecified atom stereocenters. The van der Waals surface area contributed by atoms with Gasteiger partial charge >= 0.3 is 0 Å². The van der Waals surface area contributed by atoms with E-state index in [0.717, 1.165) is 6.42 Å². The molecule has 0 aliphatic heterocycles. The minimum absolute atomic E-state index is 0.0631. The maximum atomic E-state index is 15.6. The van der Waals surface area contributed by atoms with Crippen LogP contribution in [0.3, 0.4) is 0 Å². The normalized spacial score (nSPS) is 36.3. The van der Waals surface area contributed by atoms with Gasteiger partial charge in [-0.2, -0.15) is 4.39 Å². The highest BCUT2D eigenvalue weighted by Gasteiger charge is 2.59. The Kier molecular flexibility index (Phi) is 6.02. The molecule has 6 atom stereocenters. The molecule has 6 heteroatoms. The third-order valence-electron chi connectivity index (χ3n) is 6.37. The van der Waals surface area contributed by atoms with E-state index in [1.807, 2.05) is 6.92 Å². The van der Waals surface area contributed by atoms with Crippen molar-refractivity contribution in [2.75, 3.05) is 6.61 Å². The lowest BCUT2D eigenvalue weighted by atomic mass is 9.86. The Bertz CT molecular complexity index is 666. The predicted octanol–water partition coefficient (Wildman–Crippen LogP) is 6.45. The third kappa shape index (κ3) is 3.56. The van der Waals surface area contributed by atoms with Crippen LogP contribution in [0.15, 0.2) is 12.1 Å². The summed E-state index contributed by atoms with van der Waals surface area (Å²) in [6.07, 6.45) is -1.55. The third-order valence-corrected chi connectivity index (χ3v) is 6.37. The molecular formula is C21H27F5O. The van der Waals surface area contributed by atoms with Crippen LogP contribution < -0.4 is 4.74 Å². The number of benzene rings is 1. The van der Waals surface area contributed by atoms with Crippen molar-refractivity contribution in [2.24, 2.45) is 11.8 Å². The molecule has 152 valence electrons. The maximum absolute atomic E-state index is 15.6. The van der Waals surface area contributed by atoms with Gasteiger partial charge in [0, 0.05) is 12.3 Å². The van der Waals surface area contributed by atoms with E-state index in [9.17, 15) is 13.2 Å². The number of alkyl halides is 3. The van der Waals surface area contributed by atoms with Crippen LogP contribution in [0, 0.1) is 23.5 Å². The van der Waals surface area contributed by atoms with E-state index in [2.05, 4.69) is 0 Å². The van der Waals surface area contributed by atoms with E-state index in [1.54, 1.807) is 6.92 Å². The first-order chi connectivity index (χ1) is 12.8. The molecule has 0 bridgehead atoms. The second-order valence-corrected chi connectivity index (χ2v) is 7.93. The molecule has 2 aliphatic carbocycles. The zero-order valence-electron chi connectivity index (χ0n) is 15.8. The lowest BCUT2D eigenvalue weighted by molar-refractivity contribution is 0.00614. The van der Waals surface area contributed by atoms with Crippen molar-refractivity contribution in [3.05, 3.63) is 29.3 Å².